The first kappa shape index (κ1) is 10.8. The lowest BCUT2D eigenvalue weighted by atomic mass is 10.4. The first-order valence-corrected chi connectivity index (χ1v) is 4.73. The van der Waals surface area contributed by atoms with Crippen LogP contribution in [0.2, 0.25) is 0 Å². The quantitative estimate of drug-likeness (QED) is 0.565. The fourth-order valence-electron chi connectivity index (χ4n) is 1.54. The molecule has 0 saturated carbocycles. The topological polar surface area (TPSA) is 49.9 Å². The number of carbonyl (C=O) groups is 2. The van der Waals surface area contributed by atoms with Crippen molar-refractivity contribution in [3.63, 3.8) is 0 Å². The molecule has 1 saturated heterocycles. The van der Waals surface area contributed by atoms with Crippen LogP contribution in [0.1, 0.15) is 13.3 Å². The monoisotopic (exact) mass is 200 g/mol. The van der Waals surface area contributed by atoms with E-state index in [1.807, 2.05) is 0 Å². The highest BCUT2D eigenvalue weighted by atomic mass is 16.5. The van der Waals surface area contributed by atoms with E-state index in [9.17, 15) is 9.59 Å². The molecule has 0 aromatic heterocycles. The molecule has 1 rings (SSSR count). The summed E-state index contributed by atoms with van der Waals surface area (Å²) in [5, 5.41) is 0. The van der Waals surface area contributed by atoms with Gasteiger partial charge in [0.1, 0.15) is 0 Å². The molecule has 0 aliphatic carbocycles. The Labute approximate surface area is 83.6 Å². The van der Waals surface area contributed by atoms with Gasteiger partial charge in [-0.3, -0.25) is 4.79 Å². The maximum absolute atomic E-state index is 11.2. The van der Waals surface area contributed by atoms with Crippen molar-refractivity contribution in [1.29, 1.82) is 0 Å². The highest BCUT2D eigenvalue weighted by Crippen LogP contribution is 2.04. The predicted molar refractivity (Wildman–Crippen MR) is 50.8 cm³/mol. The van der Waals surface area contributed by atoms with Crippen molar-refractivity contribution >= 4 is 12.0 Å². The first-order valence-electron chi connectivity index (χ1n) is 4.73. The summed E-state index contributed by atoms with van der Waals surface area (Å²) in [7, 11) is 1.37. The Bertz CT molecular complexity index is 230. The summed E-state index contributed by atoms with van der Waals surface area (Å²) < 4.78 is 4.62. The summed E-state index contributed by atoms with van der Waals surface area (Å²) in [6.45, 7) is 4.10. The van der Waals surface area contributed by atoms with E-state index in [0.29, 0.717) is 19.6 Å². The molecule has 0 aromatic carbocycles. The van der Waals surface area contributed by atoms with Gasteiger partial charge >= 0.3 is 6.09 Å². The number of amides is 2. The molecule has 1 heterocycles. The number of rotatable bonds is 0. The Morgan fingerprint density at radius 1 is 1.07 bits per heavy atom. The van der Waals surface area contributed by atoms with E-state index in [-0.39, 0.29) is 12.0 Å². The van der Waals surface area contributed by atoms with Crippen LogP contribution in [0.4, 0.5) is 4.79 Å². The van der Waals surface area contributed by atoms with Crippen molar-refractivity contribution < 1.29 is 14.3 Å². The molecule has 1 aliphatic heterocycles. The lowest BCUT2D eigenvalue weighted by molar-refractivity contribution is -0.128. The molecule has 0 unspecified atom stereocenters. The standard InChI is InChI=1S/C9H16N2O3/c1-8(12)10-4-3-5-11(7-6-10)9(13)14-2/h3-7H2,1-2H3. The summed E-state index contributed by atoms with van der Waals surface area (Å²) in [5.41, 5.74) is 0. The molecule has 0 N–H and O–H groups in total. The average molecular weight is 200 g/mol. The van der Waals surface area contributed by atoms with Crippen molar-refractivity contribution in [2.75, 3.05) is 33.3 Å². The lowest BCUT2D eigenvalue weighted by Crippen LogP contribution is -2.36. The second-order valence-electron chi connectivity index (χ2n) is 3.32. The number of hydrogen-bond acceptors (Lipinski definition) is 3. The number of hydrogen-bond donors (Lipinski definition) is 0. The third-order valence-corrected chi connectivity index (χ3v) is 2.37. The molecule has 5 heteroatoms. The lowest BCUT2D eigenvalue weighted by Gasteiger charge is -2.19. The zero-order valence-electron chi connectivity index (χ0n) is 8.65. The molecular formula is C9H16N2O3. The third-order valence-electron chi connectivity index (χ3n) is 2.37. The molecule has 1 fully saturated rings. The molecule has 5 nitrogen and oxygen atoms in total. The van der Waals surface area contributed by atoms with Crippen LogP contribution in [-0.2, 0) is 9.53 Å². The Morgan fingerprint density at radius 3 is 2.21 bits per heavy atom. The summed E-state index contributed by atoms with van der Waals surface area (Å²) >= 11 is 0. The minimum Gasteiger partial charge on any atom is -0.453 e. The van der Waals surface area contributed by atoms with Crippen LogP contribution >= 0.6 is 0 Å². The molecule has 14 heavy (non-hydrogen) atoms. The average Bonchev–Trinajstić information content (AvgIpc) is 2.41. The highest BCUT2D eigenvalue weighted by molar-refractivity contribution is 5.73. The second-order valence-corrected chi connectivity index (χ2v) is 3.32. The van der Waals surface area contributed by atoms with E-state index < -0.39 is 0 Å². The fourth-order valence-corrected chi connectivity index (χ4v) is 1.54. The Hall–Kier alpha value is -1.26. The van der Waals surface area contributed by atoms with Gasteiger partial charge in [-0.1, -0.05) is 0 Å². The van der Waals surface area contributed by atoms with Gasteiger partial charge in [0.05, 0.1) is 7.11 Å². The molecule has 80 valence electrons. The summed E-state index contributed by atoms with van der Waals surface area (Å²) in [6.07, 6.45) is 0.504. The van der Waals surface area contributed by atoms with E-state index in [4.69, 9.17) is 0 Å². The molecule has 1 aliphatic rings. The molecule has 2 amide bonds. The van der Waals surface area contributed by atoms with Gasteiger partial charge in [-0.15, -0.1) is 0 Å². The van der Waals surface area contributed by atoms with Gasteiger partial charge in [0.2, 0.25) is 5.91 Å². The SMILES string of the molecule is COC(=O)N1CCCN(C(C)=O)CC1. The molecule has 0 spiro atoms. The van der Waals surface area contributed by atoms with Gasteiger partial charge in [0, 0.05) is 33.1 Å². The minimum absolute atomic E-state index is 0.0664. The van der Waals surface area contributed by atoms with Crippen LogP contribution in [0.15, 0.2) is 0 Å². The number of nitrogens with zero attached hydrogens (tertiary/aromatic N) is 2. The van der Waals surface area contributed by atoms with E-state index >= 15 is 0 Å². The third kappa shape index (κ3) is 2.61. The van der Waals surface area contributed by atoms with Gasteiger partial charge < -0.3 is 14.5 Å². The van der Waals surface area contributed by atoms with Crippen LogP contribution in [0.25, 0.3) is 0 Å². The number of carbonyl (C=O) groups excluding carboxylic acids is 2. The van der Waals surface area contributed by atoms with Crippen molar-refractivity contribution in [1.82, 2.24) is 9.80 Å². The molecule has 0 aromatic rings. The van der Waals surface area contributed by atoms with Crippen LogP contribution in [0.5, 0.6) is 0 Å². The van der Waals surface area contributed by atoms with E-state index in [1.54, 1.807) is 16.7 Å². The Kier molecular flexibility index (Phi) is 3.73. The second kappa shape index (κ2) is 4.83. The van der Waals surface area contributed by atoms with Gasteiger partial charge in [0.25, 0.3) is 0 Å². The van der Waals surface area contributed by atoms with Crippen LogP contribution in [0, 0.1) is 0 Å². The van der Waals surface area contributed by atoms with Gasteiger partial charge in [-0.25, -0.2) is 4.79 Å². The smallest absolute Gasteiger partial charge is 0.409 e. The van der Waals surface area contributed by atoms with Crippen molar-refractivity contribution in [3.05, 3.63) is 0 Å². The van der Waals surface area contributed by atoms with Gasteiger partial charge in [0.15, 0.2) is 0 Å². The summed E-state index contributed by atoms with van der Waals surface area (Å²) in [5.74, 6) is 0.0664. The van der Waals surface area contributed by atoms with E-state index in [0.717, 1.165) is 13.0 Å². The highest BCUT2D eigenvalue weighted by Gasteiger charge is 2.20. The molecule has 0 atom stereocenters. The molecule has 0 bridgehead atoms. The minimum atomic E-state index is -0.310. The van der Waals surface area contributed by atoms with Crippen molar-refractivity contribution in [3.8, 4) is 0 Å². The first-order chi connectivity index (χ1) is 6.65. The normalized spacial score (nSPS) is 17.6. The molecular weight excluding hydrogens is 184 g/mol. The zero-order valence-corrected chi connectivity index (χ0v) is 8.65. The number of methoxy groups -OCH3 is 1. The van der Waals surface area contributed by atoms with Crippen molar-refractivity contribution in [2.45, 2.75) is 13.3 Å². The summed E-state index contributed by atoms with van der Waals surface area (Å²) in [4.78, 5) is 25.7. The van der Waals surface area contributed by atoms with Crippen LogP contribution in [-0.4, -0.2) is 55.1 Å². The Balaban J connectivity index is 2.48. The molecule has 0 radical (unpaired) electrons. The maximum Gasteiger partial charge on any atom is 0.409 e. The van der Waals surface area contributed by atoms with E-state index in [1.165, 1.54) is 7.11 Å². The largest absolute Gasteiger partial charge is 0.453 e. The maximum atomic E-state index is 11.2. The number of ether oxygens (including phenoxy) is 1. The fraction of sp³-hybridized carbons (Fsp3) is 0.778. The Morgan fingerprint density at radius 2 is 1.64 bits per heavy atom. The predicted octanol–water partition coefficient (Wildman–Crippen LogP) is 0.307. The van der Waals surface area contributed by atoms with E-state index in [2.05, 4.69) is 4.74 Å². The van der Waals surface area contributed by atoms with Gasteiger partial charge in [-0.05, 0) is 6.42 Å². The van der Waals surface area contributed by atoms with Gasteiger partial charge in [-0.2, -0.15) is 0 Å². The summed E-state index contributed by atoms with van der Waals surface area (Å²) in [6, 6.07) is 0. The van der Waals surface area contributed by atoms with Crippen molar-refractivity contribution in [2.24, 2.45) is 0 Å². The zero-order chi connectivity index (χ0) is 10.6. The van der Waals surface area contributed by atoms with Crippen LogP contribution in [0.3, 0.4) is 0 Å². The van der Waals surface area contributed by atoms with Crippen LogP contribution < -0.4 is 0 Å².